The normalized spacial score (nSPS) is 16.7. The van der Waals surface area contributed by atoms with E-state index in [1.54, 1.807) is 17.0 Å². The third-order valence-corrected chi connectivity index (χ3v) is 7.11. The van der Waals surface area contributed by atoms with Gasteiger partial charge in [-0.05, 0) is 36.1 Å². The van der Waals surface area contributed by atoms with Crippen LogP contribution in [-0.4, -0.2) is 48.8 Å². The van der Waals surface area contributed by atoms with Gasteiger partial charge in [-0.3, -0.25) is 10.1 Å². The summed E-state index contributed by atoms with van der Waals surface area (Å²) >= 11 is 0. The molecule has 0 unspecified atom stereocenters. The zero-order chi connectivity index (χ0) is 20.3. The molecule has 0 aliphatic carbocycles. The first kappa shape index (κ1) is 20.2. The maximum Gasteiger partial charge on any atom is 0.311 e. The summed E-state index contributed by atoms with van der Waals surface area (Å²) in [5, 5.41) is 11.2. The Bertz CT molecular complexity index is 939. The summed E-state index contributed by atoms with van der Waals surface area (Å²) in [6, 6.07) is 9.98. The monoisotopic (exact) mass is 404 g/mol. The van der Waals surface area contributed by atoms with Crippen molar-refractivity contribution in [1.82, 2.24) is 9.29 Å². The molecule has 0 bridgehead atoms. The molecule has 0 radical (unpaired) electrons. The van der Waals surface area contributed by atoms with E-state index in [1.807, 2.05) is 12.1 Å². The van der Waals surface area contributed by atoms with E-state index in [2.05, 4.69) is 18.8 Å². The minimum Gasteiger partial charge on any atom is -0.348 e. The number of nitro groups is 1. The number of anilines is 1. The summed E-state index contributed by atoms with van der Waals surface area (Å²) in [7, 11) is -3.59. The topological polar surface area (TPSA) is 96.7 Å². The summed E-state index contributed by atoms with van der Waals surface area (Å²) in [4.78, 5) is 16.9. The molecule has 28 heavy (non-hydrogen) atoms. The first-order chi connectivity index (χ1) is 13.3. The van der Waals surface area contributed by atoms with Crippen molar-refractivity contribution in [2.45, 2.75) is 31.1 Å². The number of aromatic nitrogens is 1. The average Bonchev–Trinajstić information content (AvgIpc) is 2.73. The van der Waals surface area contributed by atoms with E-state index in [9.17, 15) is 18.5 Å². The second-order valence-electron chi connectivity index (χ2n) is 6.87. The first-order valence-electron chi connectivity index (χ1n) is 9.29. The molecule has 2 aromatic rings. The second-order valence-corrected chi connectivity index (χ2v) is 8.81. The van der Waals surface area contributed by atoms with Crippen molar-refractivity contribution in [2.24, 2.45) is 0 Å². The van der Waals surface area contributed by atoms with Gasteiger partial charge < -0.3 is 4.90 Å². The van der Waals surface area contributed by atoms with Crippen LogP contribution in [0.1, 0.15) is 31.7 Å². The van der Waals surface area contributed by atoms with Crippen LogP contribution in [0.5, 0.6) is 0 Å². The maximum atomic E-state index is 12.9. The Balaban J connectivity index is 1.73. The van der Waals surface area contributed by atoms with Crippen molar-refractivity contribution in [1.29, 1.82) is 0 Å². The third-order valence-electron chi connectivity index (χ3n) is 5.20. The van der Waals surface area contributed by atoms with Crippen molar-refractivity contribution in [2.75, 3.05) is 31.1 Å². The Hall–Kier alpha value is -2.52. The number of nitrogens with zero attached hydrogens (tertiary/aromatic N) is 4. The van der Waals surface area contributed by atoms with Crippen molar-refractivity contribution < 1.29 is 13.3 Å². The lowest BCUT2D eigenvalue weighted by Crippen LogP contribution is -2.49. The molecule has 1 aliphatic rings. The van der Waals surface area contributed by atoms with E-state index in [-0.39, 0.29) is 29.5 Å². The molecule has 1 aliphatic heterocycles. The molecule has 0 spiro atoms. The number of sulfonamides is 1. The highest BCUT2D eigenvalue weighted by Gasteiger charge is 2.31. The van der Waals surface area contributed by atoms with Gasteiger partial charge in [0.15, 0.2) is 0 Å². The number of hydrogen-bond acceptors (Lipinski definition) is 6. The van der Waals surface area contributed by atoms with Crippen LogP contribution in [-0.2, 0) is 10.0 Å². The Kier molecular flexibility index (Phi) is 5.95. The largest absolute Gasteiger partial charge is 0.348 e. The van der Waals surface area contributed by atoms with Crippen molar-refractivity contribution in [3.8, 4) is 0 Å². The number of pyridine rings is 1. The zero-order valence-corrected chi connectivity index (χ0v) is 16.8. The summed E-state index contributed by atoms with van der Waals surface area (Å²) in [6.45, 7) is 5.41. The molecule has 8 nitrogen and oxygen atoms in total. The fourth-order valence-electron chi connectivity index (χ4n) is 3.27. The fraction of sp³-hybridized carbons (Fsp3) is 0.421. The highest BCUT2D eigenvalue weighted by molar-refractivity contribution is 7.89. The molecule has 0 amide bonds. The predicted octanol–water partition coefficient (Wildman–Crippen LogP) is 3.01. The lowest BCUT2D eigenvalue weighted by atomic mass is 9.99. The van der Waals surface area contributed by atoms with Gasteiger partial charge in [0.2, 0.25) is 15.8 Å². The van der Waals surface area contributed by atoms with Crippen LogP contribution in [0.15, 0.2) is 47.5 Å². The fourth-order valence-corrected chi connectivity index (χ4v) is 4.69. The van der Waals surface area contributed by atoms with Crippen LogP contribution in [0.3, 0.4) is 0 Å². The van der Waals surface area contributed by atoms with E-state index < -0.39 is 14.9 Å². The van der Waals surface area contributed by atoms with Crippen LogP contribution in [0.2, 0.25) is 0 Å². The van der Waals surface area contributed by atoms with Crippen LogP contribution in [0.25, 0.3) is 0 Å². The van der Waals surface area contributed by atoms with Crippen molar-refractivity contribution in [3.63, 3.8) is 0 Å². The van der Waals surface area contributed by atoms with Gasteiger partial charge in [-0.15, -0.1) is 0 Å². The second kappa shape index (κ2) is 8.24. The highest BCUT2D eigenvalue weighted by atomic mass is 32.2. The van der Waals surface area contributed by atoms with Gasteiger partial charge in [0.25, 0.3) is 0 Å². The quantitative estimate of drug-likeness (QED) is 0.542. The molecule has 0 N–H and O–H groups in total. The van der Waals surface area contributed by atoms with Crippen LogP contribution >= 0.6 is 0 Å². The van der Waals surface area contributed by atoms with E-state index >= 15 is 0 Å². The van der Waals surface area contributed by atoms with Gasteiger partial charge in [-0.2, -0.15) is 4.31 Å². The third kappa shape index (κ3) is 4.00. The lowest BCUT2D eigenvalue weighted by molar-refractivity contribution is -0.384. The highest BCUT2D eigenvalue weighted by Crippen LogP contribution is 2.27. The van der Waals surface area contributed by atoms with Crippen molar-refractivity contribution in [3.05, 3.63) is 58.3 Å². The van der Waals surface area contributed by atoms with E-state index in [4.69, 9.17) is 0 Å². The predicted molar refractivity (Wildman–Crippen MR) is 107 cm³/mol. The Morgan fingerprint density at radius 3 is 2.36 bits per heavy atom. The van der Waals surface area contributed by atoms with Gasteiger partial charge in [0, 0.05) is 38.4 Å². The number of hydrogen-bond donors (Lipinski definition) is 0. The minimum atomic E-state index is -3.59. The molecule has 1 fully saturated rings. The van der Waals surface area contributed by atoms with E-state index in [1.165, 1.54) is 22.6 Å². The number of rotatable bonds is 6. The Morgan fingerprint density at radius 1 is 1.14 bits per heavy atom. The standard InChI is InChI=1S/C19H24N4O4S/c1-3-15(2)16-6-8-17(9-7-16)28(26,27)22-13-11-21(12-14-22)19-18(23(24)25)5-4-10-20-19/h4-10,15H,3,11-14H2,1-2H3/t15-/m0/s1. The molecule has 150 valence electrons. The van der Waals surface area contributed by atoms with Crippen LogP contribution in [0.4, 0.5) is 11.5 Å². The van der Waals surface area contributed by atoms with Crippen molar-refractivity contribution >= 4 is 21.5 Å². The average molecular weight is 404 g/mol. The molecule has 2 heterocycles. The number of benzene rings is 1. The molecule has 3 rings (SSSR count). The SMILES string of the molecule is CC[C@H](C)c1ccc(S(=O)(=O)N2CCN(c3ncccc3[N+](=O)[O-])CC2)cc1. The summed E-state index contributed by atoms with van der Waals surface area (Å²) in [5.41, 5.74) is 1.05. The molecule has 1 atom stereocenters. The Labute approximate surface area is 165 Å². The molecule has 1 saturated heterocycles. The first-order valence-corrected chi connectivity index (χ1v) is 10.7. The van der Waals surface area contributed by atoms with Crippen LogP contribution < -0.4 is 4.90 Å². The van der Waals surface area contributed by atoms with E-state index in [0.717, 1.165) is 12.0 Å². The summed E-state index contributed by atoms with van der Waals surface area (Å²) in [5.74, 6) is 0.664. The van der Waals surface area contributed by atoms with E-state index in [0.29, 0.717) is 19.0 Å². The molecule has 0 saturated carbocycles. The lowest BCUT2D eigenvalue weighted by Gasteiger charge is -2.34. The molecular weight excluding hydrogens is 380 g/mol. The zero-order valence-electron chi connectivity index (χ0n) is 16.0. The molecular formula is C19H24N4O4S. The van der Waals surface area contributed by atoms with Gasteiger partial charge in [-0.1, -0.05) is 26.0 Å². The van der Waals surface area contributed by atoms with Gasteiger partial charge in [0.05, 0.1) is 9.82 Å². The number of piperazine rings is 1. The van der Waals surface area contributed by atoms with Gasteiger partial charge in [-0.25, -0.2) is 13.4 Å². The maximum absolute atomic E-state index is 12.9. The van der Waals surface area contributed by atoms with Gasteiger partial charge in [0.1, 0.15) is 0 Å². The minimum absolute atomic E-state index is 0.0700. The van der Waals surface area contributed by atoms with Gasteiger partial charge >= 0.3 is 5.69 Å². The molecule has 9 heteroatoms. The summed E-state index contributed by atoms with van der Waals surface area (Å²) < 4.78 is 27.3. The smallest absolute Gasteiger partial charge is 0.311 e. The molecule has 1 aromatic carbocycles. The molecule has 1 aromatic heterocycles. The van der Waals surface area contributed by atoms with Crippen LogP contribution in [0, 0.1) is 10.1 Å². The Morgan fingerprint density at radius 2 is 1.79 bits per heavy atom. The summed E-state index contributed by atoms with van der Waals surface area (Å²) in [6.07, 6.45) is 2.50.